The molecular formula is C27H33ClO5. The first-order chi connectivity index (χ1) is 16.1. The third-order valence-electron chi connectivity index (χ3n) is 6.08. The lowest BCUT2D eigenvalue weighted by atomic mass is 9.65. The fourth-order valence-electron chi connectivity index (χ4n) is 4.37. The zero-order valence-corrected chi connectivity index (χ0v) is 19.7. The van der Waals surface area contributed by atoms with Crippen molar-refractivity contribution in [3.8, 4) is 23.8 Å². The van der Waals surface area contributed by atoms with Gasteiger partial charge in [0.25, 0.3) is 0 Å². The Morgan fingerprint density at radius 1 is 0.818 bits per heavy atom. The number of aliphatic hydroxyl groups is 2. The highest BCUT2D eigenvalue weighted by Crippen LogP contribution is 2.45. The summed E-state index contributed by atoms with van der Waals surface area (Å²) in [5.41, 5.74) is 2.48. The van der Waals surface area contributed by atoms with Gasteiger partial charge in [-0.15, -0.1) is 18.0 Å². The first kappa shape index (κ1) is 25.4. The number of alkyl halides is 1. The van der Waals surface area contributed by atoms with Crippen LogP contribution in [0.5, 0.6) is 11.5 Å². The second-order valence-corrected chi connectivity index (χ2v) is 8.80. The Hall–Kier alpha value is -2.23. The molecule has 0 amide bonds. The lowest BCUT2D eigenvalue weighted by Crippen LogP contribution is -2.30. The summed E-state index contributed by atoms with van der Waals surface area (Å²) in [6.07, 6.45) is 9.53. The number of terminal acetylenes is 1. The molecular weight excluding hydrogens is 440 g/mol. The number of hydrogen-bond acceptors (Lipinski definition) is 5. The second-order valence-electron chi connectivity index (χ2n) is 8.49. The van der Waals surface area contributed by atoms with Gasteiger partial charge in [-0.05, 0) is 48.2 Å². The standard InChI is InChI=1S/C27H33ClO5/c1-2-16-31-18-24(30)20-33-26-12-8-22(9-13-26)27(14-4-3-5-15-27)21-6-10-25(11-7-21)32-19-23(29)17-28/h1,6-13,23-24,29-30H,3-5,14-20H2/t23-,24+/m1/s1. The second kappa shape index (κ2) is 12.9. The Labute approximate surface area is 201 Å². The van der Waals surface area contributed by atoms with Crippen molar-refractivity contribution in [2.75, 3.05) is 32.3 Å². The summed E-state index contributed by atoms with van der Waals surface area (Å²) in [4.78, 5) is 0. The molecule has 0 aliphatic heterocycles. The van der Waals surface area contributed by atoms with Gasteiger partial charge in [-0.1, -0.05) is 49.4 Å². The first-order valence-corrected chi connectivity index (χ1v) is 12.0. The quantitative estimate of drug-likeness (QED) is 0.274. The van der Waals surface area contributed by atoms with Gasteiger partial charge in [0, 0.05) is 5.41 Å². The topological polar surface area (TPSA) is 68.2 Å². The molecule has 33 heavy (non-hydrogen) atoms. The monoisotopic (exact) mass is 472 g/mol. The van der Waals surface area contributed by atoms with Crippen LogP contribution in [0.15, 0.2) is 48.5 Å². The number of halogens is 1. The van der Waals surface area contributed by atoms with Gasteiger partial charge in [0.2, 0.25) is 0 Å². The predicted molar refractivity (Wildman–Crippen MR) is 130 cm³/mol. The minimum Gasteiger partial charge on any atom is -0.491 e. The molecule has 1 aliphatic carbocycles. The van der Waals surface area contributed by atoms with E-state index in [1.54, 1.807) is 0 Å². The van der Waals surface area contributed by atoms with Crippen LogP contribution in [0.1, 0.15) is 43.2 Å². The lowest BCUT2D eigenvalue weighted by molar-refractivity contribution is 0.0229. The van der Waals surface area contributed by atoms with E-state index in [2.05, 4.69) is 30.2 Å². The zero-order valence-electron chi connectivity index (χ0n) is 18.9. The molecule has 2 aromatic rings. The highest BCUT2D eigenvalue weighted by atomic mass is 35.5. The average Bonchev–Trinajstić information content (AvgIpc) is 2.87. The van der Waals surface area contributed by atoms with Gasteiger partial charge >= 0.3 is 0 Å². The fourth-order valence-corrected chi connectivity index (χ4v) is 4.46. The molecule has 0 aromatic heterocycles. The summed E-state index contributed by atoms with van der Waals surface area (Å²) in [6.45, 7) is 0.654. The third kappa shape index (κ3) is 7.12. The molecule has 6 heteroatoms. The molecule has 0 bridgehead atoms. The Balaban J connectivity index is 1.69. The maximum Gasteiger partial charge on any atom is 0.119 e. The molecule has 5 nitrogen and oxygen atoms in total. The molecule has 0 heterocycles. The molecule has 0 unspecified atom stereocenters. The number of rotatable bonds is 12. The van der Waals surface area contributed by atoms with E-state index in [0.717, 1.165) is 18.6 Å². The van der Waals surface area contributed by atoms with E-state index in [-0.39, 0.29) is 37.7 Å². The predicted octanol–water partition coefficient (Wildman–Crippen LogP) is 4.30. The molecule has 2 N–H and O–H groups in total. The summed E-state index contributed by atoms with van der Waals surface area (Å²) >= 11 is 5.64. The minimum absolute atomic E-state index is 0.0481. The van der Waals surface area contributed by atoms with Gasteiger partial charge in [-0.2, -0.15) is 0 Å². The van der Waals surface area contributed by atoms with Crippen LogP contribution in [0.4, 0.5) is 0 Å². The van der Waals surface area contributed by atoms with Crippen LogP contribution in [0.3, 0.4) is 0 Å². The minimum atomic E-state index is -0.728. The van der Waals surface area contributed by atoms with Crippen molar-refractivity contribution >= 4 is 11.6 Å². The fraction of sp³-hybridized carbons (Fsp3) is 0.481. The van der Waals surface area contributed by atoms with Crippen LogP contribution >= 0.6 is 11.6 Å². The van der Waals surface area contributed by atoms with Crippen LogP contribution < -0.4 is 9.47 Å². The largest absolute Gasteiger partial charge is 0.491 e. The first-order valence-electron chi connectivity index (χ1n) is 11.5. The molecule has 2 aromatic carbocycles. The van der Waals surface area contributed by atoms with Crippen LogP contribution in [-0.2, 0) is 10.2 Å². The Kier molecular flexibility index (Phi) is 9.90. The molecule has 1 aliphatic rings. The van der Waals surface area contributed by atoms with Crippen molar-refractivity contribution < 1.29 is 24.4 Å². The summed E-state index contributed by atoms with van der Waals surface area (Å²) in [7, 11) is 0. The molecule has 1 saturated carbocycles. The van der Waals surface area contributed by atoms with Gasteiger partial charge in [-0.3, -0.25) is 0 Å². The van der Waals surface area contributed by atoms with Gasteiger partial charge in [0.05, 0.1) is 12.5 Å². The van der Waals surface area contributed by atoms with Crippen molar-refractivity contribution in [1.29, 1.82) is 0 Å². The summed E-state index contributed by atoms with van der Waals surface area (Å²) < 4.78 is 16.5. The summed E-state index contributed by atoms with van der Waals surface area (Å²) in [6, 6.07) is 16.4. The van der Waals surface area contributed by atoms with Gasteiger partial charge in [-0.25, -0.2) is 0 Å². The van der Waals surface area contributed by atoms with Crippen LogP contribution in [0.2, 0.25) is 0 Å². The van der Waals surface area contributed by atoms with E-state index in [1.165, 1.54) is 30.4 Å². The van der Waals surface area contributed by atoms with Crippen LogP contribution in [0.25, 0.3) is 0 Å². The molecule has 0 saturated heterocycles. The Bertz CT molecular complexity index is 869. The molecule has 3 rings (SSSR count). The highest BCUT2D eigenvalue weighted by Gasteiger charge is 2.35. The molecule has 1 fully saturated rings. The van der Waals surface area contributed by atoms with Gasteiger partial charge in [0.15, 0.2) is 0 Å². The van der Waals surface area contributed by atoms with Gasteiger partial charge in [0.1, 0.15) is 43.5 Å². The normalized spacial score (nSPS) is 17.0. The maximum atomic E-state index is 9.94. The Morgan fingerprint density at radius 2 is 1.33 bits per heavy atom. The van der Waals surface area contributed by atoms with E-state index >= 15 is 0 Å². The molecule has 0 spiro atoms. The van der Waals surface area contributed by atoms with E-state index in [4.69, 9.17) is 32.2 Å². The van der Waals surface area contributed by atoms with Crippen LogP contribution in [-0.4, -0.2) is 54.7 Å². The smallest absolute Gasteiger partial charge is 0.119 e. The maximum absolute atomic E-state index is 9.94. The number of ether oxygens (including phenoxy) is 3. The SMILES string of the molecule is C#CCOC[C@H](O)COc1ccc(C2(c3ccc(OC[C@H](O)CCl)cc3)CCCCC2)cc1. The number of aliphatic hydroxyl groups excluding tert-OH is 2. The van der Waals surface area contributed by atoms with Crippen molar-refractivity contribution in [3.63, 3.8) is 0 Å². The molecule has 178 valence electrons. The highest BCUT2D eigenvalue weighted by molar-refractivity contribution is 6.18. The Morgan fingerprint density at radius 3 is 1.82 bits per heavy atom. The van der Waals surface area contributed by atoms with Crippen molar-refractivity contribution in [2.45, 2.75) is 49.7 Å². The lowest BCUT2D eigenvalue weighted by Gasteiger charge is -2.38. The van der Waals surface area contributed by atoms with Crippen LogP contribution in [0, 0.1) is 12.3 Å². The zero-order chi connectivity index (χ0) is 23.5. The van der Waals surface area contributed by atoms with E-state index in [9.17, 15) is 10.2 Å². The summed E-state index contributed by atoms with van der Waals surface area (Å²) in [5.74, 6) is 3.96. The van der Waals surface area contributed by atoms with Crippen molar-refractivity contribution in [2.24, 2.45) is 0 Å². The number of hydrogen-bond donors (Lipinski definition) is 2. The van der Waals surface area contributed by atoms with Crippen molar-refractivity contribution in [3.05, 3.63) is 59.7 Å². The number of benzene rings is 2. The summed E-state index contributed by atoms with van der Waals surface area (Å²) in [5, 5.41) is 19.6. The van der Waals surface area contributed by atoms with E-state index in [0.29, 0.717) is 5.75 Å². The average molecular weight is 473 g/mol. The van der Waals surface area contributed by atoms with Gasteiger partial charge < -0.3 is 24.4 Å². The van der Waals surface area contributed by atoms with Crippen molar-refractivity contribution in [1.82, 2.24) is 0 Å². The van der Waals surface area contributed by atoms with E-state index < -0.39 is 12.2 Å². The molecule has 2 atom stereocenters. The van der Waals surface area contributed by atoms with E-state index in [1.807, 2.05) is 24.3 Å². The third-order valence-corrected chi connectivity index (χ3v) is 6.44. The molecule has 0 radical (unpaired) electrons.